The fraction of sp³-hybridized carbons (Fsp3) is 0.438. The fourth-order valence-corrected chi connectivity index (χ4v) is 3.02. The molecular weight excluding hydrogens is 376 g/mol. The highest BCUT2D eigenvalue weighted by Gasteiger charge is 2.22. The molecule has 0 N–H and O–H groups in total. The number of piperazine rings is 1. The molecule has 0 spiro atoms. The second-order valence-electron chi connectivity index (χ2n) is 5.60. The van der Waals surface area contributed by atoms with Crippen LogP contribution in [0.15, 0.2) is 33.2 Å². The molecule has 1 amide bonds. The average Bonchev–Trinajstić information content (AvgIpc) is 3.04. The molecule has 0 atom stereocenters. The van der Waals surface area contributed by atoms with Crippen molar-refractivity contribution in [3.63, 3.8) is 0 Å². The summed E-state index contributed by atoms with van der Waals surface area (Å²) in [5.41, 5.74) is 0.887. The van der Waals surface area contributed by atoms with Crippen LogP contribution < -0.4 is 0 Å². The fourth-order valence-electron chi connectivity index (χ4n) is 2.62. The molecule has 3 rings (SSSR count). The van der Waals surface area contributed by atoms with Gasteiger partial charge in [0.2, 0.25) is 17.7 Å². The van der Waals surface area contributed by atoms with E-state index in [1.807, 2.05) is 29.2 Å². The largest absolute Gasteiger partial charge is 0.419 e. The zero-order valence-electron chi connectivity index (χ0n) is 13.4. The molecule has 7 nitrogen and oxygen atoms in total. The van der Waals surface area contributed by atoms with Crippen molar-refractivity contribution in [2.45, 2.75) is 6.54 Å². The SMILES string of the molecule is COCC(=O)N1CCN(Cc2nnc(-c3cccc(Br)c3)o2)CC1. The number of hydrogen-bond donors (Lipinski definition) is 0. The third-order valence-corrected chi connectivity index (χ3v) is 4.38. The second kappa shape index (κ2) is 7.87. The Balaban J connectivity index is 1.56. The van der Waals surface area contributed by atoms with Crippen LogP contribution in [0.2, 0.25) is 0 Å². The van der Waals surface area contributed by atoms with Gasteiger partial charge in [0, 0.05) is 43.3 Å². The van der Waals surface area contributed by atoms with Crippen LogP contribution in [0.5, 0.6) is 0 Å². The highest BCUT2D eigenvalue weighted by Crippen LogP contribution is 2.22. The number of carbonyl (C=O) groups excluding carboxylic acids is 1. The van der Waals surface area contributed by atoms with Gasteiger partial charge >= 0.3 is 0 Å². The van der Waals surface area contributed by atoms with E-state index in [2.05, 4.69) is 31.0 Å². The van der Waals surface area contributed by atoms with Gasteiger partial charge in [0.05, 0.1) is 6.54 Å². The normalized spacial score (nSPS) is 15.7. The Labute approximate surface area is 148 Å². The molecule has 0 saturated carbocycles. The summed E-state index contributed by atoms with van der Waals surface area (Å²) in [6, 6.07) is 7.75. The summed E-state index contributed by atoms with van der Waals surface area (Å²) < 4.78 is 11.6. The molecule has 1 saturated heterocycles. The quantitative estimate of drug-likeness (QED) is 0.769. The zero-order chi connectivity index (χ0) is 16.9. The van der Waals surface area contributed by atoms with Gasteiger partial charge in [-0.25, -0.2) is 0 Å². The van der Waals surface area contributed by atoms with Gasteiger partial charge in [-0.15, -0.1) is 10.2 Å². The monoisotopic (exact) mass is 394 g/mol. The number of ether oxygens (including phenoxy) is 1. The minimum atomic E-state index is 0.0341. The van der Waals surface area contributed by atoms with E-state index in [1.54, 1.807) is 0 Å². The van der Waals surface area contributed by atoms with Crippen LogP contribution in [0, 0.1) is 0 Å². The van der Waals surface area contributed by atoms with E-state index < -0.39 is 0 Å². The van der Waals surface area contributed by atoms with Gasteiger partial charge in [-0.3, -0.25) is 9.69 Å². The molecule has 1 aromatic heterocycles. The smallest absolute Gasteiger partial charge is 0.248 e. The minimum absolute atomic E-state index is 0.0341. The van der Waals surface area contributed by atoms with Gasteiger partial charge in [0.25, 0.3) is 0 Å². The van der Waals surface area contributed by atoms with Crippen molar-refractivity contribution in [2.75, 3.05) is 39.9 Å². The number of hydrogen-bond acceptors (Lipinski definition) is 6. The predicted molar refractivity (Wildman–Crippen MR) is 91.2 cm³/mol. The second-order valence-corrected chi connectivity index (χ2v) is 6.52. The van der Waals surface area contributed by atoms with E-state index >= 15 is 0 Å². The first kappa shape index (κ1) is 17.1. The van der Waals surface area contributed by atoms with E-state index in [-0.39, 0.29) is 12.5 Å². The van der Waals surface area contributed by atoms with Crippen LogP contribution >= 0.6 is 15.9 Å². The summed E-state index contributed by atoms with van der Waals surface area (Å²) in [6.45, 7) is 3.67. The third-order valence-electron chi connectivity index (χ3n) is 3.89. The maximum absolute atomic E-state index is 11.8. The molecule has 8 heteroatoms. The zero-order valence-corrected chi connectivity index (χ0v) is 15.0. The third kappa shape index (κ3) is 4.19. The van der Waals surface area contributed by atoms with Crippen LogP contribution in [0.25, 0.3) is 11.5 Å². The number of rotatable bonds is 5. The van der Waals surface area contributed by atoms with Crippen molar-refractivity contribution < 1.29 is 13.9 Å². The molecule has 1 aliphatic heterocycles. The first-order chi connectivity index (χ1) is 11.7. The van der Waals surface area contributed by atoms with Crippen molar-refractivity contribution >= 4 is 21.8 Å². The molecule has 1 aromatic carbocycles. The topological polar surface area (TPSA) is 71.7 Å². The molecule has 2 aromatic rings. The summed E-state index contributed by atoms with van der Waals surface area (Å²) in [6.07, 6.45) is 0. The number of amides is 1. The minimum Gasteiger partial charge on any atom is -0.419 e. The molecule has 0 unspecified atom stereocenters. The summed E-state index contributed by atoms with van der Waals surface area (Å²) in [4.78, 5) is 15.8. The van der Waals surface area contributed by atoms with Crippen LogP contribution in [-0.4, -0.2) is 65.8 Å². The number of aromatic nitrogens is 2. The van der Waals surface area contributed by atoms with Gasteiger partial charge in [-0.05, 0) is 18.2 Å². The lowest BCUT2D eigenvalue weighted by molar-refractivity contribution is -0.137. The highest BCUT2D eigenvalue weighted by molar-refractivity contribution is 9.10. The number of methoxy groups -OCH3 is 1. The Morgan fingerprint density at radius 2 is 2.08 bits per heavy atom. The molecule has 2 heterocycles. The first-order valence-electron chi connectivity index (χ1n) is 7.73. The van der Waals surface area contributed by atoms with E-state index in [9.17, 15) is 4.79 Å². The Hall–Kier alpha value is -1.77. The average molecular weight is 395 g/mol. The molecular formula is C16H19BrN4O3. The number of benzene rings is 1. The Bertz CT molecular complexity index is 698. The van der Waals surface area contributed by atoms with Crippen molar-refractivity contribution in [3.8, 4) is 11.5 Å². The number of nitrogens with zero attached hydrogens (tertiary/aromatic N) is 4. The number of halogens is 1. The van der Waals surface area contributed by atoms with E-state index in [0.29, 0.717) is 31.4 Å². The maximum atomic E-state index is 11.8. The summed E-state index contributed by atoms with van der Waals surface area (Å²) in [5, 5.41) is 8.24. The van der Waals surface area contributed by atoms with Crippen molar-refractivity contribution in [3.05, 3.63) is 34.6 Å². The summed E-state index contributed by atoms with van der Waals surface area (Å²) in [5.74, 6) is 1.13. The molecule has 1 fully saturated rings. The van der Waals surface area contributed by atoms with Crippen LogP contribution in [0.3, 0.4) is 0 Å². The van der Waals surface area contributed by atoms with Crippen LogP contribution in [0.1, 0.15) is 5.89 Å². The molecule has 1 aliphatic rings. The van der Waals surface area contributed by atoms with Crippen LogP contribution in [0.4, 0.5) is 0 Å². The van der Waals surface area contributed by atoms with Crippen LogP contribution in [-0.2, 0) is 16.1 Å². The predicted octanol–water partition coefficient (Wildman–Crippen LogP) is 1.79. The van der Waals surface area contributed by atoms with Gasteiger partial charge in [0.1, 0.15) is 6.61 Å². The van der Waals surface area contributed by atoms with Gasteiger partial charge < -0.3 is 14.1 Å². The summed E-state index contributed by atoms with van der Waals surface area (Å²) in [7, 11) is 1.53. The van der Waals surface area contributed by atoms with E-state index in [0.717, 1.165) is 23.1 Å². The Morgan fingerprint density at radius 3 is 2.79 bits per heavy atom. The molecule has 0 radical (unpaired) electrons. The van der Waals surface area contributed by atoms with E-state index in [1.165, 1.54) is 7.11 Å². The lowest BCUT2D eigenvalue weighted by atomic mass is 10.2. The summed E-state index contributed by atoms with van der Waals surface area (Å²) >= 11 is 3.44. The van der Waals surface area contributed by atoms with Crippen molar-refractivity contribution in [2.24, 2.45) is 0 Å². The molecule has 0 bridgehead atoms. The first-order valence-corrected chi connectivity index (χ1v) is 8.52. The molecule has 24 heavy (non-hydrogen) atoms. The Kier molecular flexibility index (Phi) is 5.60. The molecule has 0 aliphatic carbocycles. The lowest BCUT2D eigenvalue weighted by Crippen LogP contribution is -2.49. The highest BCUT2D eigenvalue weighted by atomic mass is 79.9. The van der Waals surface area contributed by atoms with Crippen molar-refractivity contribution in [1.82, 2.24) is 20.0 Å². The van der Waals surface area contributed by atoms with Gasteiger partial charge in [-0.1, -0.05) is 22.0 Å². The standard InChI is InChI=1S/C16H19BrN4O3/c1-23-11-15(22)21-7-5-20(6-8-21)10-14-18-19-16(24-14)12-3-2-4-13(17)9-12/h2-4,9H,5-8,10-11H2,1H3. The maximum Gasteiger partial charge on any atom is 0.248 e. The number of carbonyl (C=O) groups is 1. The molecule has 128 valence electrons. The van der Waals surface area contributed by atoms with E-state index in [4.69, 9.17) is 9.15 Å². The lowest BCUT2D eigenvalue weighted by Gasteiger charge is -2.33. The van der Waals surface area contributed by atoms with Crippen molar-refractivity contribution in [1.29, 1.82) is 0 Å². The van der Waals surface area contributed by atoms with Gasteiger partial charge in [0.15, 0.2) is 0 Å². The van der Waals surface area contributed by atoms with Gasteiger partial charge in [-0.2, -0.15) is 0 Å². The Morgan fingerprint density at radius 1 is 1.29 bits per heavy atom.